The van der Waals surface area contributed by atoms with Gasteiger partial charge in [0.15, 0.2) is 0 Å². The van der Waals surface area contributed by atoms with E-state index >= 15 is 0 Å². The van der Waals surface area contributed by atoms with Gasteiger partial charge in [0.25, 0.3) is 11.6 Å². The van der Waals surface area contributed by atoms with Crippen molar-refractivity contribution in [3.05, 3.63) is 104 Å². The fourth-order valence-electron chi connectivity index (χ4n) is 3.34. The van der Waals surface area contributed by atoms with E-state index in [1.54, 1.807) is 6.20 Å². The monoisotopic (exact) mass is 506 g/mol. The van der Waals surface area contributed by atoms with E-state index in [4.69, 9.17) is 27.9 Å². The fourth-order valence-corrected chi connectivity index (χ4v) is 3.91. The summed E-state index contributed by atoms with van der Waals surface area (Å²) >= 11 is 12.1. The van der Waals surface area contributed by atoms with Crippen molar-refractivity contribution in [1.29, 1.82) is 5.26 Å². The van der Waals surface area contributed by atoms with E-state index in [-0.39, 0.29) is 27.0 Å². The highest BCUT2D eigenvalue weighted by Gasteiger charge is 2.19. The number of nitro groups is 1. The standard InChI is InChI=1S/C25H16Cl2N4O4/c26-21-9-18(31(33)34)10-22(27)24(21)30-25(32)16(12-28)8-17-13-29-23-7-6-19(11-20(17)23)35-14-15-4-2-1-3-5-15/h1-11,13,29H,14H2,(H,30,32)/b16-8+. The Balaban J connectivity index is 1.58. The lowest BCUT2D eigenvalue weighted by Crippen LogP contribution is -2.14. The van der Waals surface area contributed by atoms with Crippen LogP contribution in [0.15, 0.2) is 72.4 Å². The highest BCUT2D eigenvalue weighted by molar-refractivity contribution is 6.40. The Morgan fingerprint density at radius 3 is 2.51 bits per heavy atom. The van der Waals surface area contributed by atoms with Gasteiger partial charge in [-0.25, -0.2) is 0 Å². The predicted molar refractivity (Wildman–Crippen MR) is 134 cm³/mol. The van der Waals surface area contributed by atoms with Gasteiger partial charge in [0.1, 0.15) is 24.0 Å². The number of fused-ring (bicyclic) bond motifs is 1. The van der Waals surface area contributed by atoms with E-state index < -0.39 is 10.8 Å². The number of non-ortho nitro benzene ring substituents is 1. The predicted octanol–water partition coefficient (Wildman–Crippen LogP) is 6.51. The Morgan fingerprint density at radius 2 is 1.86 bits per heavy atom. The van der Waals surface area contributed by atoms with Gasteiger partial charge in [-0.3, -0.25) is 14.9 Å². The number of carbonyl (C=O) groups is 1. The smallest absolute Gasteiger partial charge is 0.272 e. The van der Waals surface area contributed by atoms with Gasteiger partial charge >= 0.3 is 0 Å². The molecule has 2 N–H and O–H groups in total. The summed E-state index contributed by atoms with van der Waals surface area (Å²) in [6.07, 6.45) is 3.09. The van der Waals surface area contributed by atoms with E-state index in [0.717, 1.165) is 28.6 Å². The van der Waals surface area contributed by atoms with Crippen LogP contribution in [0.25, 0.3) is 17.0 Å². The lowest BCUT2D eigenvalue weighted by molar-refractivity contribution is -0.384. The molecule has 0 aliphatic heterocycles. The number of nitrogens with one attached hydrogen (secondary N) is 2. The van der Waals surface area contributed by atoms with Crippen molar-refractivity contribution in [3.8, 4) is 11.8 Å². The molecule has 1 heterocycles. The van der Waals surface area contributed by atoms with Crippen LogP contribution in [0.3, 0.4) is 0 Å². The molecule has 10 heteroatoms. The molecule has 8 nitrogen and oxygen atoms in total. The number of benzene rings is 3. The maximum atomic E-state index is 12.8. The van der Waals surface area contributed by atoms with Gasteiger partial charge in [-0.1, -0.05) is 53.5 Å². The normalized spacial score (nSPS) is 11.2. The summed E-state index contributed by atoms with van der Waals surface area (Å²) in [5, 5.41) is 23.5. The largest absolute Gasteiger partial charge is 0.489 e. The summed E-state index contributed by atoms with van der Waals surface area (Å²) < 4.78 is 5.88. The van der Waals surface area contributed by atoms with Gasteiger partial charge < -0.3 is 15.0 Å². The zero-order valence-corrected chi connectivity index (χ0v) is 19.4. The molecule has 0 aliphatic rings. The van der Waals surface area contributed by atoms with E-state index in [0.29, 0.717) is 17.9 Å². The molecule has 1 amide bonds. The second kappa shape index (κ2) is 10.3. The quantitative estimate of drug-likeness (QED) is 0.128. The Kier molecular flexibility index (Phi) is 7.01. The topological polar surface area (TPSA) is 121 Å². The van der Waals surface area contributed by atoms with E-state index in [2.05, 4.69) is 10.3 Å². The van der Waals surface area contributed by atoms with Gasteiger partial charge in [-0.05, 0) is 29.8 Å². The number of nitrogens with zero attached hydrogens (tertiary/aromatic N) is 2. The number of aromatic nitrogens is 1. The zero-order valence-electron chi connectivity index (χ0n) is 17.9. The van der Waals surface area contributed by atoms with Crippen LogP contribution in [0.4, 0.5) is 11.4 Å². The minimum absolute atomic E-state index is 0.0272. The Bertz CT molecular complexity index is 1480. The molecule has 0 unspecified atom stereocenters. The van der Waals surface area contributed by atoms with Crippen LogP contribution in [0, 0.1) is 21.4 Å². The van der Waals surface area contributed by atoms with Crippen LogP contribution < -0.4 is 10.1 Å². The van der Waals surface area contributed by atoms with E-state index in [9.17, 15) is 20.2 Å². The molecule has 0 saturated carbocycles. The molecular weight excluding hydrogens is 491 g/mol. The van der Waals surface area contributed by atoms with Gasteiger partial charge in [0.05, 0.1) is 20.7 Å². The van der Waals surface area contributed by atoms with Crippen molar-refractivity contribution >= 4 is 57.5 Å². The van der Waals surface area contributed by atoms with Crippen LogP contribution in [0.5, 0.6) is 5.75 Å². The zero-order chi connectivity index (χ0) is 24.9. The van der Waals surface area contributed by atoms with Crippen molar-refractivity contribution in [1.82, 2.24) is 4.98 Å². The van der Waals surface area contributed by atoms with Crippen LogP contribution >= 0.6 is 23.2 Å². The third-order valence-electron chi connectivity index (χ3n) is 5.07. The van der Waals surface area contributed by atoms with Gasteiger partial charge in [-0.15, -0.1) is 0 Å². The van der Waals surface area contributed by atoms with Gasteiger partial charge in [0.2, 0.25) is 0 Å². The molecular formula is C25H16Cl2N4O4. The van der Waals surface area contributed by atoms with Crippen LogP contribution in [0.1, 0.15) is 11.1 Å². The minimum Gasteiger partial charge on any atom is -0.489 e. The van der Waals surface area contributed by atoms with Crippen molar-refractivity contribution < 1.29 is 14.5 Å². The van der Waals surface area contributed by atoms with Gasteiger partial charge in [0, 0.05) is 34.8 Å². The van der Waals surface area contributed by atoms with Crippen molar-refractivity contribution in [2.75, 3.05) is 5.32 Å². The molecule has 4 aromatic rings. The summed E-state index contributed by atoms with van der Waals surface area (Å²) in [6.45, 7) is 0.393. The first-order chi connectivity index (χ1) is 16.9. The van der Waals surface area contributed by atoms with Crippen LogP contribution in [-0.2, 0) is 11.4 Å². The highest BCUT2D eigenvalue weighted by atomic mass is 35.5. The SMILES string of the molecule is N#C/C(=C\c1c[nH]c2ccc(OCc3ccccc3)cc12)C(=O)Nc1c(Cl)cc([N+](=O)[O-])cc1Cl. The number of aromatic amines is 1. The van der Waals surface area contributed by atoms with Crippen molar-refractivity contribution in [2.45, 2.75) is 6.61 Å². The summed E-state index contributed by atoms with van der Waals surface area (Å²) in [6, 6.07) is 19.2. The van der Waals surface area contributed by atoms with E-state index in [1.165, 1.54) is 6.08 Å². The third-order valence-corrected chi connectivity index (χ3v) is 5.67. The maximum Gasteiger partial charge on any atom is 0.272 e. The highest BCUT2D eigenvalue weighted by Crippen LogP contribution is 2.35. The molecule has 1 aromatic heterocycles. The van der Waals surface area contributed by atoms with Crippen LogP contribution in [-0.4, -0.2) is 15.8 Å². The number of amides is 1. The maximum absolute atomic E-state index is 12.8. The minimum atomic E-state index is -0.768. The summed E-state index contributed by atoms with van der Waals surface area (Å²) in [4.78, 5) is 26.2. The molecule has 35 heavy (non-hydrogen) atoms. The number of rotatable bonds is 7. The first kappa shape index (κ1) is 23.8. The second-order valence-corrected chi connectivity index (χ2v) is 8.21. The second-order valence-electron chi connectivity index (χ2n) is 7.39. The Hall–Kier alpha value is -4.32. The third kappa shape index (κ3) is 5.44. The number of nitriles is 1. The molecule has 0 atom stereocenters. The number of H-pyrrole nitrogens is 1. The molecule has 0 bridgehead atoms. The number of halogens is 2. The Labute approximate surface area is 209 Å². The lowest BCUT2D eigenvalue weighted by atomic mass is 10.1. The van der Waals surface area contributed by atoms with Crippen molar-refractivity contribution in [2.24, 2.45) is 0 Å². The lowest BCUT2D eigenvalue weighted by Gasteiger charge is -2.09. The molecule has 4 rings (SSSR count). The van der Waals surface area contributed by atoms with Crippen LogP contribution in [0.2, 0.25) is 10.0 Å². The first-order valence-electron chi connectivity index (χ1n) is 10.2. The fraction of sp³-hybridized carbons (Fsp3) is 0.0400. The molecule has 0 fully saturated rings. The number of hydrogen-bond acceptors (Lipinski definition) is 5. The molecule has 0 aliphatic carbocycles. The number of carbonyl (C=O) groups excluding carboxylic acids is 1. The first-order valence-corrected chi connectivity index (χ1v) is 11.0. The summed E-state index contributed by atoms with van der Waals surface area (Å²) in [5.74, 6) is -0.140. The Morgan fingerprint density at radius 1 is 1.14 bits per heavy atom. The number of ether oxygens (including phenoxy) is 1. The number of anilines is 1. The van der Waals surface area contributed by atoms with Gasteiger partial charge in [-0.2, -0.15) is 5.26 Å². The number of hydrogen-bond donors (Lipinski definition) is 2. The van der Waals surface area contributed by atoms with Crippen molar-refractivity contribution in [3.63, 3.8) is 0 Å². The molecule has 0 saturated heterocycles. The average Bonchev–Trinajstić information content (AvgIpc) is 3.25. The summed E-state index contributed by atoms with van der Waals surface area (Å²) in [5.41, 5.74) is 1.85. The number of nitro benzene ring substituents is 1. The average molecular weight is 507 g/mol. The molecule has 3 aromatic carbocycles. The molecule has 174 valence electrons. The molecule has 0 spiro atoms. The molecule has 0 radical (unpaired) electrons. The summed E-state index contributed by atoms with van der Waals surface area (Å²) in [7, 11) is 0. The van der Waals surface area contributed by atoms with E-state index in [1.807, 2.05) is 54.6 Å².